The van der Waals surface area contributed by atoms with Gasteiger partial charge in [-0.05, 0) is 41.8 Å². The van der Waals surface area contributed by atoms with E-state index in [2.05, 4.69) is 0 Å². The van der Waals surface area contributed by atoms with E-state index in [1.54, 1.807) is 41.3 Å². The highest BCUT2D eigenvalue weighted by Gasteiger charge is 2.34. The Labute approximate surface area is 167 Å². The van der Waals surface area contributed by atoms with Gasteiger partial charge in [-0.15, -0.1) is 0 Å². The third-order valence-electron chi connectivity index (χ3n) is 4.85. The van der Waals surface area contributed by atoms with Gasteiger partial charge in [0.15, 0.2) is 0 Å². The maximum Gasteiger partial charge on any atom is 0.254 e. The highest BCUT2D eigenvalue weighted by molar-refractivity contribution is 6.35. The van der Waals surface area contributed by atoms with Gasteiger partial charge in [-0.3, -0.25) is 4.79 Å². The summed E-state index contributed by atoms with van der Waals surface area (Å²) in [5.41, 5.74) is 2.94. The molecular weight excluding hydrogens is 384 g/mol. The van der Waals surface area contributed by atoms with Gasteiger partial charge in [-0.1, -0.05) is 65.7 Å². The lowest BCUT2D eigenvalue weighted by Gasteiger charge is -2.38. The number of rotatable bonds is 2. The SMILES string of the molecule is O=C(c1cc(Cl)cc(Cl)c1)N1CCc2ccccc2[C@H]1c1ccccc1F. The summed E-state index contributed by atoms with van der Waals surface area (Å²) < 4.78 is 14.7. The number of halogens is 3. The zero-order valence-electron chi connectivity index (χ0n) is 14.3. The van der Waals surface area contributed by atoms with Crippen LogP contribution in [0.5, 0.6) is 0 Å². The Kier molecular flexibility index (Phi) is 4.90. The quantitative estimate of drug-likeness (QED) is 0.523. The summed E-state index contributed by atoms with van der Waals surface area (Å²) in [6, 6.07) is 18.7. The third kappa shape index (κ3) is 3.45. The molecule has 1 aliphatic rings. The van der Waals surface area contributed by atoms with Gasteiger partial charge in [-0.2, -0.15) is 0 Å². The van der Waals surface area contributed by atoms with Gasteiger partial charge in [0.2, 0.25) is 0 Å². The first-order valence-electron chi connectivity index (χ1n) is 8.64. The summed E-state index contributed by atoms with van der Waals surface area (Å²) >= 11 is 12.2. The first-order valence-corrected chi connectivity index (χ1v) is 9.39. The average molecular weight is 400 g/mol. The molecule has 1 atom stereocenters. The molecule has 0 saturated carbocycles. The number of carbonyl (C=O) groups excluding carboxylic acids is 1. The Morgan fingerprint density at radius 1 is 0.926 bits per heavy atom. The summed E-state index contributed by atoms with van der Waals surface area (Å²) in [4.78, 5) is 15.0. The predicted molar refractivity (Wildman–Crippen MR) is 106 cm³/mol. The molecule has 0 aromatic heterocycles. The van der Waals surface area contributed by atoms with Crippen molar-refractivity contribution in [2.75, 3.05) is 6.54 Å². The lowest BCUT2D eigenvalue weighted by Crippen LogP contribution is -2.41. The summed E-state index contributed by atoms with van der Waals surface area (Å²) in [5.74, 6) is -0.553. The number of nitrogens with zero attached hydrogens (tertiary/aromatic N) is 1. The molecule has 27 heavy (non-hydrogen) atoms. The van der Waals surface area contributed by atoms with E-state index in [9.17, 15) is 9.18 Å². The highest BCUT2D eigenvalue weighted by Crippen LogP contribution is 2.37. The number of hydrogen-bond acceptors (Lipinski definition) is 1. The number of hydrogen-bond donors (Lipinski definition) is 0. The van der Waals surface area contributed by atoms with Gasteiger partial charge in [0.1, 0.15) is 5.82 Å². The third-order valence-corrected chi connectivity index (χ3v) is 5.29. The van der Waals surface area contributed by atoms with Crippen molar-refractivity contribution < 1.29 is 9.18 Å². The molecule has 136 valence electrons. The minimum atomic E-state index is -0.499. The topological polar surface area (TPSA) is 20.3 Å². The smallest absolute Gasteiger partial charge is 0.254 e. The molecule has 0 aliphatic carbocycles. The van der Waals surface area contributed by atoms with Crippen LogP contribution in [0.3, 0.4) is 0 Å². The van der Waals surface area contributed by atoms with E-state index in [-0.39, 0.29) is 11.7 Å². The Morgan fingerprint density at radius 2 is 1.56 bits per heavy atom. The maximum atomic E-state index is 14.7. The molecule has 3 aromatic rings. The summed E-state index contributed by atoms with van der Waals surface area (Å²) in [6.07, 6.45) is 0.709. The molecule has 1 amide bonds. The molecule has 0 N–H and O–H groups in total. The molecular formula is C22H16Cl2FNO. The fourth-order valence-corrected chi connectivity index (χ4v) is 4.19. The summed E-state index contributed by atoms with van der Waals surface area (Å²) in [5, 5.41) is 0.788. The van der Waals surface area contributed by atoms with Crippen molar-refractivity contribution in [3.8, 4) is 0 Å². The van der Waals surface area contributed by atoms with Crippen LogP contribution < -0.4 is 0 Å². The number of amides is 1. The molecule has 0 fully saturated rings. The molecule has 5 heteroatoms. The van der Waals surface area contributed by atoms with Crippen molar-refractivity contribution in [1.82, 2.24) is 4.90 Å². The van der Waals surface area contributed by atoms with Crippen LogP contribution in [-0.4, -0.2) is 17.4 Å². The normalized spacial score (nSPS) is 16.1. The predicted octanol–water partition coefficient (Wildman–Crippen LogP) is 5.92. The Bertz CT molecular complexity index is 1000. The molecule has 0 bridgehead atoms. The van der Waals surface area contributed by atoms with E-state index in [4.69, 9.17) is 23.2 Å². The standard InChI is InChI=1S/C22H16Cl2FNO/c23-16-11-15(12-17(24)13-16)22(27)26-10-9-14-5-1-2-6-18(14)21(26)19-7-3-4-8-20(19)25/h1-8,11-13,21H,9-10H2/t21-/m0/s1. The van der Waals surface area contributed by atoms with Crippen LogP contribution in [0, 0.1) is 5.82 Å². The van der Waals surface area contributed by atoms with Crippen molar-refractivity contribution in [2.45, 2.75) is 12.5 Å². The lowest BCUT2D eigenvalue weighted by molar-refractivity contribution is 0.0692. The van der Waals surface area contributed by atoms with E-state index >= 15 is 0 Å². The molecule has 1 heterocycles. The number of benzene rings is 3. The molecule has 0 spiro atoms. The Morgan fingerprint density at radius 3 is 2.26 bits per heavy atom. The Hall–Kier alpha value is -2.36. The van der Waals surface area contributed by atoms with Gasteiger partial charge in [0.25, 0.3) is 5.91 Å². The molecule has 1 aliphatic heterocycles. The summed E-state index contributed by atoms with van der Waals surface area (Å²) in [7, 11) is 0. The van der Waals surface area contributed by atoms with Crippen LogP contribution in [-0.2, 0) is 6.42 Å². The van der Waals surface area contributed by atoms with Gasteiger partial charge >= 0.3 is 0 Å². The average Bonchev–Trinajstić information content (AvgIpc) is 2.66. The molecule has 0 saturated heterocycles. The van der Waals surface area contributed by atoms with Crippen molar-refractivity contribution >= 4 is 29.1 Å². The number of fused-ring (bicyclic) bond motifs is 1. The van der Waals surface area contributed by atoms with Crippen molar-refractivity contribution in [1.29, 1.82) is 0 Å². The number of carbonyl (C=O) groups is 1. The lowest BCUT2D eigenvalue weighted by atomic mass is 9.87. The van der Waals surface area contributed by atoms with E-state index < -0.39 is 6.04 Å². The van der Waals surface area contributed by atoms with Crippen LogP contribution in [0.4, 0.5) is 4.39 Å². The van der Waals surface area contributed by atoms with E-state index in [0.29, 0.717) is 34.1 Å². The molecule has 0 unspecified atom stereocenters. The first kappa shape index (κ1) is 18.0. The minimum Gasteiger partial charge on any atom is -0.327 e. The zero-order valence-corrected chi connectivity index (χ0v) is 15.8. The first-order chi connectivity index (χ1) is 13.0. The second-order valence-corrected chi connectivity index (χ2v) is 7.40. The molecule has 4 rings (SSSR count). The maximum absolute atomic E-state index is 14.7. The monoisotopic (exact) mass is 399 g/mol. The van der Waals surface area contributed by atoms with Crippen LogP contribution in [0.25, 0.3) is 0 Å². The van der Waals surface area contributed by atoms with Crippen LogP contribution in [0.1, 0.15) is 33.1 Å². The molecule has 0 radical (unpaired) electrons. The largest absolute Gasteiger partial charge is 0.327 e. The van der Waals surface area contributed by atoms with Crippen molar-refractivity contribution in [3.63, 3.8) is 0 Å². The van der Waals surface area contributed by atoms with E-state index in [0.717, 1.165) is 11.1 Å². The fraction of sp³-hybridized carbons (Fsp3) is 0.136. The van der Waals surface area contributed by atoms with Crippen molar-refractivity contribution in [3.05, 3.63) is 105 Å². The second-order valence-electron chi connectivity index (χ2n) is 6.53. The minimum absolute atomic E-state index is 0.220. The van der Waals surface area contributed by atoms with Gasteiger partial charge < -0.3 is 4.90 Å². The van der Waals surface area contributed by atoms with Crippen LogP contribution >= 0.6 is 23.2 Å². The Balaban J connectivity index is 1.84. The zero-order chi connectivity index (χ0) is 19.0. The fourth-order valence-electron chi connectivity index (χ4n) is 3.66. The highest BCUT2D eigenvalue weighted by atomic mass is 35.5. The molecule has 3 aromatic carbocycles. The van der Waals surface area contributed by atoms with Gasteiger partial charge in [-0.25, -0.2) is 4.39 Å². The molecule has 2 nitrogen and oxygen atoms in total. The van der Waals surface area contributed by atoms with Crippen LogP contribution in [0.15, 0.2) is 66.7 Å². The van der Waals surface area contributed by atoms with Crippen LogP contribution in [0.2, 0.25) is 10.0 Å². The van der Waals surface area contributed by atoms with E-state index in [1.165, 1.54) is 6.07 Å². The van der Waals surface area contributed by atoms with Gasteiger partial charge in [0.05, 0.1) is 6.04 Å². The summed E-state index contributed by atoms with van der Waals surface area (Å²) in [6.45, 7) is 0.485. The second kappa shape index (κ2) is 7.34. The van der Waals surface area contributed by atoms with Gasteiger partial charge in [0, 0.05) is 27.7 Å². The van der Waals surface area contributed by atoms with E-state index in [1.807, 2.05) is 24.3 Å². The van der Waals surface area contributed by atoms with Crippen molar-refractivity contribution in [2.24, 2.45) is 0 Å².